The van der Waals surface area contributed by atoms with E-state index in [2.05, 4.69) is 22.4 Å². The zero-order valence-corrected chi connectivity index (χ0v) is 16.2. The summed E-state index contributed by atoms with van der Waals surface area (Å²) in [5.41, 5.74) is 2.45. The van der Waals surface area contributed by atoms with E-state index in [-0.39, 0.29) is 16.7 Å². The third-order valence-corrected chi connectivity index (χ3v) is 7.45. The van der Waals surface area contributed by atoms with Gasteiger partial charge in [0.15, 0.2) is 0 Å². The van der Waals surface area contributed by atoms with Crippen LogP contribution >= 0.6 is 11.6 Å². The standard InChI is InChI=1S/C23H25ClN2O/c24-20-3-1-19(2-4-20)22-10-17-9-18(11-22)13-23(12-17,15-22)21(27)26-14-16-5-7-25-8-6-16/h1-8,17-18H,9-15H2,(H,26,27)/t17-,18?,22?,23?/m1/s1. The van der Waals surface area contributed by atoms with Crippen LogP contribution in [0.3, 0.4) is 0 Å². The van der Waals surface area contributed by atoms with Crippen molar-refractivity contribution in [3.63, 3.8) is 0 Å². The molecule has 4 heteroatoms. The molecule has 4 aliphatic rings. The smallest absolute Gasteiger partial charge is 0.226 e. The van der Waals surface area contributed by atoms with Crippen molar-refractivity contribution in [2.75, 3.05) is 0 Å². The molecule has 140 valence electrons. The monoisotopic (exact) mass is 380 g/mol. The lowest BCUT2D eigenvalue weighted by Crippen LogP contribution is -2.59. The molecule has 4 saturated carbocycles. The summed E-state index contributed by atoms with van der Waals surface area (Å²) < 4.78 is 0. The number of rotatable bonds is 4. The molecule has 1 heterocycles. The summed E-state index contributed by atoms with van der Waals surface area (Å²) in [6.07, 6.45) is 10.4. The van der Waals surface area contributed by atoms with Gasteiger partial charge in [0.1, 0.15) is 0 Å². The van der Waals surface area contributed by atoms with Crippen LogP contribution in [0.4, 0.5) is 0 Å². The van der Waals surface area contributed by atoms with Crippen molar-refractivity contribution < 1.29 is 4.79 Å². The molecule has 3 nitrogen and oxygen atoms in total. The summed E-state index contributed by atoms with van der Waals surface area (Å²) in [6.45, 7) is 0.590. The minimum Gasteiger partial charge on any atom is -0.352 e. The molecule has 0 saturated heterocycles. The minimum atomic E-state index is -0.198. The van der Waals surface area contributed by atoms with E-state index in [0.29, 0.717) is 18.4 Å². The molecule has 0 radical (unpaired) electrons. The average Bonchev–Trinajstić information content (AvgIpc) is 2.66. The van der Waals surface area contributed by atoms with Crippen LogP contribution in [0.1, 0.15) is 49.7 Å². The molecule has 4 bridgehead atoms. The van der Waals surface area contributed by atoms with E-state index in [4.69, 9.17) is 11.6 Å². The average molecular weight is 381 g/mol. The molecular weight excluding hydrogens is 356 g/mol. The third kappa shape index (κ3) is 2.97. The first kappa shape index (κ1) is 17.2. The summed E-state index contributed by atoms with van der Waals surface area (Å²) in [5, 5.41) is 4.03. The number of halogens is 1. The Balaban J connectivity index is 1.41. The highest BCUT2D eigenvalue weighted by Gasteiger charge is 2.60. The van der Waals surface area contributed by atoms with Crippen molar-refractivity contribution in [2.45, 2.75) is 50.5 Å². The molecule has 4 atom stereocenters. The molecule has 1 N–H and O–H groups in total. The van der Waals surface area contributed by atoms with Crippen LogP contribution < -0.4 is 5.32 Å². The summed E-state index contributed by atoms with van der Waals surface area (Å²) >= 11 is 6.13. The van der Waals surface area contributed by atoms with E-state index in [0.717, 1.165) is 29.8 Å². The molecule has 4 aliphatic carbocycles. The SMILES string of the molecule is O=C(NCc1ccncc1)C12CC3C[C@@H](C1)CC(c1ccc(Cl)cc1)(C3)C2. The van der Waals surface area contributed by atoms with Gasteiger partial charge in [0, 0.05) is 24.0 Å². The first-order valence-electron chi connectivity index (χ1n) is 10.0. The van der Waals surface area contributed by atoms with Gasteiger partial charge in [-0.2, -0.15) is 0 Å². The summed E-state index contributed by atoms with van der Waals surface area (Å²) in [6, 6.07) is 12.3. The maximum atomic E-state index is 13.3. The maximum absolute atomic E-state index is 13.3. The lowest BCUT2D eigenvalue weighted by molar-refractivity contribution is -0.149. The fourth-order valence-electron chi connectivity index (χ4n) is 6.54. The second kappa shape index (κ2) is 6.34. The predicted molar refractivity (Wildman–Crippen MR) is 106 cm³/mol. The number of nitrogens with zero attached hydrogens (tertiary/aromatic N) is 1. The molecular formula is C23H25ClN2O. The molecule has 4 fully saturated rings. The number of carbonyl (C=O) groups is 1. The third-order valence-electron chi connectivity index (χ3n) is 7.20. The zero-order chi connectivity index (χ0) is 18.5. The van der Waals surface area contributed by atoms with E-state index in [1.54, 1.807) is 12.4 Å². The molecule has 2 aromatic rings. The molecule has 6 rings (SSSR count). The molecule has 27 heavy (non-hydrogen) atoms. The van der Waals surface area contributed by atoms with Crippen LogP contribution in [0.15, 0.2) is 48.8 Å². The highest BCUT2D eigenvalue weighted by Crippen LogP contribution is 2.65. The van der Waals surface area contributed by atoms with Crippen LogP contribution in [0.25, 0.3) is 0 Å². The largest absolute Gasteiger partial charge is 0.352 e. The normalized spacial score (nSPS) is 33.8. The first-order chi connectivity index (χ1) is 13.1. The Morgan fingerprint density at radius 2 is 1.70 bits per heavy atom. The van der Waals surface area contributed by atoms with Crippen molar-refractivity contribution in [1.82, 2.24) is 10.3 Å². The Morgan fingerprint density at radius 1 is 1.04 bits per heavy atom. The quantitative estimate of drug-likeness (QED) is 0.820. The Kier molecular flexibility index (Phi) is 4.05. The molecule has 0 aliphatic heterocycles. The zero-order valence-electron chi connectivity index (χ0n) is 15.5. The highest BCUT2D eigenvalue weighted by atomic mass is 35.5. The van der Waals surface area contributed by atoms with Crippen LogP contribution in [0.5, 0.6) is 0 Å². The lowest BCUT2D eigenvalue weighted by atomic mass is 9.42. The van der Waals surface area contributed by atoms with E-state index >= 15 is 0 Å². The van der Waals surface area contributed by atoms with E-state index in [9.17, 15) is 4.79 Å². The van der Waals surface area contributed by atoms with Gasteiger partial charge in [-0.1, -0.05) is 23.7 Å². The van der Waals surface area contributed by atoms with Gasteiger partial charge in [-0.05, 0) is 91.2 Å². The number of hydrogen-bond donors (Lipinski definition) is 1. The Hall–Kier alpha value is -1.87. The topological polar surface area (TPSA) is 42.0 Å². The summed E-state index contributed by atoms with van der Waals surface area (Å²) in [7, 11) is 0. The van der Waals surface area contributed by atoms with Gasteiger partial charge < -0.3 is 5.32 Å². The second-order valence-corrected chi connectivity index (χ2v) is 9.50. The van der Waals surface area contributed by atoms with E-state index < -0.39 is 0 Å². The van der Waals surface area contributed by atoms with Crippen molar-refractivity contribution >= 4 is 17.5 Å². The minimum absolute atomic E-state index is 0.155. The van der Waals surface area contributed by atoms with Crippen molar-refractivity contribution in [3.8, 4) is 0 Å². The highest BCUT2D eigenvalue weighted by molar-refractivity contribution is 6.30. The number of nitrogens with one attached hydrogen (secondary N) is 1. The number of amides is 1. The van der Waals surface area contributed by atoms with Gasteiger partial charge in [-0.15, -0.1) is 0 Å². The molecule has 0 spiro atoms. The van der Waals surface area contributed by atoms with Crippen LogP contribution in [0.2, 0.25) is 5.02 Å². The van der Waals surface area contributed by atoms with Crippen LogP contribution in [-0.4, -0.2) is 10.9 Å². The van der Waals surface area contributed by atoms with Crippen molar-refractivity contribution in [2.24, 2.45) is 17.3 Å². The first-order valence-corrected chi connectivity index (χ1v) is 10.4. The number of pyridine rings is 1. The molecule has 3 unspecified atom stereocenters. The number of carbonyl (C=O) groups excluding carboxylic acids is 1. The van der Waals surface area contributed by atoms with E-state index in [1.807, 2.05) is 24.3 Å². The fraction of sp³-hybridized carbons (Fsp3) is 0.478. The van der Waals surface area contributed by atoms with Gasteiger partial charge in [-0.3, -0.25) is 9.78 Å². The predicted octanol–water partition coefficient (Wildman–Crippen LogP) is 4.89. The van der Waals surface area contributed by atoms with Gasteiger partial charge >= 0.3 is 0 Å². The van der Waals surface area contributed by atoms with Crippen LogP contribution in [-0.2, 0) is 16.8 Å². The van der Waals surface area contributed by atoms with Gasteiger partial charge in [-0.25, -0.2) is 0 Å². The number of benzene rings is 1. The van der Waals surface area contributed by atoms with Gasteiger partial charge in [0.25, 0.3) is 0 Å². The van der Waals surface area contributed by atoms with Crippen molar-refractivity contribution in [1.29, 1.82) is 0 Å². The maximum Gasteiger partial charge on any atom is 0.226 e. The fourth-order valence-corrected chi connectivity index (χ4v) is 6.67. The molecule has 1 amide bonds. The Labute approximate surface area is 165 Å². The van der Waals surface area contributed by atoms with Gasteiger partial charge in [0.05, 0.1) is 5.41 Å². The summed E-state index contributed by atoms with van der Waals surface area (Å²) in [5.74, 6) is 1.61. The van der Waals surface area contributed by atoms with Crippen LogP contribution in [0, 0.1) is 17.3 Å². The Morgan fingerprint density at radius 3 is 2.37 bits per heavy atom. The second-order valence-electron chi connectivity index (χ2n) is 9.07. The molecule has 1 aromatic heterocycles. The number of aromatic nitrogens is 1. The summed E-state index contributed by atoms with van der Waals surface area (Å²) in [4.78, 5) is 17.4. The number of hydrogen-bond acceptors (Lipinski definition) is 2. The lowest BCUT2D eigenvalue weighted by Gasteiger charge is -2.61. The Bertz CT molecular complexity index is 834. The van der Waals surface area contributed by atoms with Gasteiger partial charge in [0.2, 0.25) is 5.91 Å². The molecule has 1 aromatic carbocycles. The van der Waals surface area contributed by atoms with Crippen molar-refractivity contribution in [3.05, 3.63) is 64.9 Å². The van der Waals surface area contributed by atoms with E-state index in [1.165, 1.54) is 24.8 Å².